The van der Waals surface area contributed by atoms with Gasteiger partial charge in [0.05, 0.1) is 19.3 Å². The molecule has 0 atom stereocenters. The molecule has 0 aliphatic heterocycles. The summed E-state index contributed by atoms with van der Waals surface area (Å²) >= 11 is 0. The number of ether oxygens (including phenoxy) is 2. The predicted molar refractivity (Wildman–Crippen MR) is 78.2 cm³/mol. The summed E-state index contributed by atoms with van der Waals surface area (Å²) in [6.45, 7) is 4.71. The van der Waals surface area contributed by atoms with Gasteiger partial charge in [0.1, 0.15) is 0 Å². The number of nitrogens with zero attached hydrogens (tertiary/aromatic N) is 4. The van der Waals surface area contributed by atoms with Crippen LogP contribution in [0.5, 0.6) is 6.01 Å². The molecule has 1 heterocycles. The quantitative estimate of drug-likeness (QED) is 0.614. The highest BCUT2D eigenvalue weighted by Gasteiger charge is 2.13. The topological polar surface area (TPSA) is 115 Å². The van der Waals surface area contributed by atoms with E-state index in [2.05, 4.69) is 20.3 Å². The van der Waals surface area contributed by atoms with Gasteiger partial charge >= 0.3 is 6.01 Å². The predicted octanol–water partition coefficient (Wildman–Crippen LogP) is -0.560. The van der Waals surface area contributed by atoms with E-state index in [1.807, 2.05) is 13.8 Å². The van der Waals surface area contributed by atoms with Crippen molar-refractivity contribution in [3.63, 3.8) is 0 Å². The van der Waals surface area contributed by atoms with Crippen LogP contribution in [-0.2, 0) is 9.53 Å². The van der Waals surface area contributed by atoms with Crippen LogP contribution in [0.15, 0.2) is 0 Å². The number of likely N-dealkylation sites (N-methyl/N-ethyl adjacent to an activating group) is 1. The number of hydrogen-bond acceptors (Lipinski definition) is 8. The Morgan fingerprint density at radius 3 is 2.71 bits per heavy atom. The molecule has 9 heteroatoms. The Labute approximate surface area is 123 Å². The van der Waals surface area contributed by atoms with Crippen LogP contribution in [0.1, 0.15) is 13.8 Å². The lowest BCUT2D eigenvalue weighted by Gasteiger charge is -2.17. The number of nitrogens with one attached hydrogen (secondary N) is 1. The van der Waals surface area contributed by atoms with Gasteiger partial charge in [0.2, 0.25) is 17.8 Å². The van der Waals surface area contributed by atoms with Gasteiger partial charge in [0.25, 0.3) is 0 Å². The second kappa shape index (κ2) is 8.20. The first kappa shape index (κ1) is 16.9. The summed E-state index contributed by atoms with van der Waals surface area (Å²) in [5.74, 6) is 0.155. The van der Waals surface area contributed by atoms with Gasteiger partial charge in [-0.05, 0) is 13.8 Å². The van der Waals surface area contributed by atoms with Gasteiger partial charge in [0.15, 0.2) is 0 Å². The lowest BCUT2D eigenvalue weighted by molar-refractivity contribution is -0.119. The second-order valence-corrected chi connectivity index (χ2v) is 4.64. The molecule has 0 unspecified atom stereocenters. The summed E-state index contributed by atoms with van der Waals surface area (Å²) in [5, 5.41) is 2.71. The van der Waals surface area contributed by atoms with Gasteiger partial charge in [0, 0.05) is 20.7 Å². The minimum absolute atomic E-state index is 0.0438. The highest BCUT2D eigenvalue weighted by atomic mass is 16.5. The molecular weight excluding hydrogens is 276 g/mol. The Balaban J connectivity index is 2.66. The van der Waals surface area contributed by atoms with Crippen molar-refractivity contribution in [3.8, 4) is 6.01 Å². The van der Waals surface area contributed by atoms with Crippen LogP contribution < -0.4 is 20.7 Å². The van der Waals surface area contributed by atoms with Crippen LogP contribution in [-0.4, -0.2) is 60.8 Å². The third-order valence-corrected chi connectivity index (χ3v) is 2.31. The fourth-order valence-electron chi connectivity index (χ4n) is 1.43. The number of amides is 1. The van der Waals surface area contributed by atoms with Crippen molar-refractivity contribution < 1.29 is 14.3 Å². The Morgan fingerprint density at radius 1 is 1.38 bits per heavy atom. The Bertz CT molecular complexity index is 468. The lowest BCUT2D eigenvalue weighted by Crippen LogP contribution is -2.37. The summed E-state index contributed by atoms with van der Waals surface area (Å²) in [6, 6.07) is 0.138. The van der Waals surface area contributed by atoms with Crippen molar-refractivity contribution in [1.29, 1.82) is 0 Å². The molecule has 0 saturated heterocycles. The van der Waals surface area contributed by atoms with Gasteiger partial charge in [-0.1, -0.05) is 0 Å². The summed E-state index contributed by atoms with van der Waals surface area (Å²) in [6.07, 6.45) is -0.0812. The first-order chi connectivity index (χ1) is 9.92. The zero-order chi connectivity index (χ0) is 15.8. The van der Waals surface area contributed by atoms with Crippen LogP contribution >= 0.6 is 0 Å². The number of methoxy groups -OCH3 is 1. The lowest BCUT2D eigenvalue weighted by atomic mass is 10.5. The number of nitrogens with two attached hydrogens (primary N) is 1. The average Bonchev–Trinajstić information content (AvgIpc) is 2.37. The van der Waals surface area contributed by atoms with Crippen molar-refractivity contribution in [2.75, 3.05) is 44.5 Å². The molecule has 118 valence electrons. The third-order valence-electron chi connectivity index (χ3n) is 2.31. The molecular formula is C12H22N6O3. The molecule has 1 aromatic rings. The summed E-state index contributed by atoms with van der Waals surface area (Å²) < 4.78 is 10.2. The van der Waals surface area contributed by atoms with Gasteiger partial charge in [-0.15, -0.1) is 0 Å². The van der Waals surface area contributed by atoms with Crippen LogP contribution in [0.4, 0.5) is 11.9 Å². The van der Waals surface area contributed by atoms with E-state index in [9.17, 15) is 4.79 Å². The number of anilines is 2. The van der Waals surface area contributed by atoms with E-state index in [1.54, 1.807) is 19.1 Å². The molecule has 9 nitrogen and oxygen atoms in total. The third kappa shape index (κ3) is 6.21. The van der Waals surface area contributed by atoms with Crippen molar-refractivity contribution in [2.24, 2.45) is 0 Å². The number of nitrogen functional groups attached to an aromatic ring is 1. The summed E-state index contributed by atoms with van der Waals surface area (Å²) in [7, 11) is 3.26. The van der Waals surface area contributed by atoms with Crippen molar-refractivity contribution >= 4 is 17.8 Å². The number of rotatable bonds is 8. The maximum atomic E-state index is 11.7. The smallest absolute Gasteiger partial charge is 0.323 e. The zero-order valence-electron chi connectivity index (χ0n) is 12.8. The zero-order valence-corrected chi connectivity index (χ0v) is 12.8. The van der Waals surface area contributed by atoms with Crippen molar-refractivity contribution in [1.82, 2.24) is 20.3 Å². The van der Waals surface area contributed by atoms with Crippen molar-refractivity contribution in [3.05, 3.63) is 0 Å². The highest BCUT2D eigenvalue weighted by molar-refractivity contribution is 5.80. The molecule has 1 aromatic heterocycles. The van der Waals surface area contributed by atoms with E-state index in [0.29, 0.717) is 13.2 Å². The fourth-order valence-corrected chi connectivity index (χ4v) is 1.43. The summed E-state index contributed by atoms with van der Waals surface area (Å²) in [4.78, 5) is 25.3. The first-order valence-corrected chi connectivity index (χ1v) is 6.57. The van der Waals surface area contributed by atoms with Crippen LogP contribution in [0.3, 0.4) is 0 Å². The maximum Gasteiger partial charge on any atom is 0.323 e. The van der Waals surface area contributed by atoms with Gasteiger partial charge in [-0.25, -0.2) is 0 Å². The molecule has 21 heavy (non-hydrogen) atoms. The Hall–Kier alpha value is -2.16. The Morgan fingerprint density at radius 2 is 2.10 bits per heavy atom. The van der Waals surface area contributed by atoms with Gasteiger partial charge in [-0.3, -0.25) is 4.79 Å². The van der Waals surface area contributed by atoms with Crippen molar-refractivity contribution in [2.45, 2.75) is 20.0 Å². The van der Waals surface area contributed by atoms with Gasteiger partial charge < -0.3 is 25.4 Å². The van der Waals surface area contributed by atoms with E-state index in [1.165, 1.54) is 0 Å². The van der Waals surface area contributed by atoms with Crippen LogP contribution in [0.25, 0.3) is 0 Å². The summed E-state index contributed by atoms with van der Waals surface area (Å²) in [5.41, 5.74) is 5.62. The molecule has 0 aliphatic rings. The number of carbonyl (C=O) groups is 1. The van der Waals surface area contributed by atoms with Gasteiger partial charge in [-0.2, -0.15) is 15.0 Å². The molecule has 0 bridgehead atoms. The molecule has 0 spiro atoms. The Kier molecular flexibility index (Phi) is 6.60. The molecule has 3 N–H and O–H groups in total. The van der Waals surface area contributed by atoms with E-state index in [4.69, 9.17) is 15.2 Å². The molecule has 0 radical (unpaired) electrons. The van der Waals surface area contributed by atoms with E-state index >= 15 is 0 Å². The number of carbonyl (C=O) groups excluding carboxylic acids is 1. The fraction of sp³-hybridized carbons (Fsp3) is 0.667. The second-order valence-electron chi connectivity index (χ2n) is 4.64. The molecule has 0 aliphatic carbocycles. The number of hydrogen-bond donors (Lipinski definition) is 2. The minimum atomic E-state index is -0.167. The SMILES string of the molecule is COCCNC(=O)CN(C)c1nc(N)nc(OC(C)C)n1. The number of aromatic nitrogens is 3. The normalized spacial score (nSPS) is 10.5. The van der Waals surface area contributed by atoms with E-state index in [-0.39, 0.29) is 36.5 Å². The first-order valence-electron chi connectivity index (χ1n) is 6.57. The van der Waals surface area contributed by atoms with E-state index < -0.39 is 0 Å². The largest absolute Gasteiger partial charge is 0.461 e. The average molecular weight is 298 g/mol. The monoisotopic (exact) mass is 298 g/mol. The highest BCUT2D eigenvalue weighted by Crippen LogP contribution is 2.13. The standard InChI is InChI=1S/C12H22N6O3/c1-8(2)21-12-16-10(13)15-11(17-12)18(3)7-9(19)14-5-6-20-4/h8H,5-7H2,1-4H3,(H,14,19)(H2,13,15,16,17). The van der Waals surface area contributed by atoms with Crippen LogP contribution in [0, 0.1) is 0 Å². The van der Waals surface area contributed by atoms with E-state index in [0.717, 1.165) is 0 Å². The molecule has 0 fully saturated rings. The van der Waals surface area contributed by atoms with Crippen LogP contribution in [0.2, 0.25) is 0 Å². The minimum Gasteiger partial charge on any atom is -0.461 e. The molecule has 1 rings (SSSR count). The molecule has 1 amide bonds. The molecule has 0 saturated carbocycles. The maximum absolute atomic E-state index is 11.7. The molecule has 0 aromatic carbocycles.